The molecule has 1 aromatic carbocycles. The van der Waals surface area contributed by atoms with Crippen LogP contribution in [0.4, 0.5) is 0 Å². The summed E-state index contributed by atoms with van der Waals surface area (Å²) < 4.78 is 0. The summed E-state index contributed by atoms with van der Waals surface area (Å²) in [7, 11) is 0. The number of benzene rings is 1. The van der Waals surface area contributed by atoms with Crippen molar-refractivity contribution >= 4 is 11.9 Å². The van der Waals surface area contributed by atoms with Crippen LogP contribution < -0.4 is 0 Å². The Balaban J connectivity index is 0.00000196. The van der Waals surface area contributed by atoms with Crippen LogP contribution in [0.5, 0.6) is 0 Å². The molecule has 15 heavy (non-hydrogen) atoms. The Labute approximate surface area is 116 Å². The van der Waals surface area contributed by atoms with E-state index in [0.717, 1.165) is 28.5 Å². The average molecular weight is 274 g/mol. The fourth-order valence-electron chi connectivity index (χ4n) is 1.26. The first-order valence-electron chi connectivity index (χ1n) is 4.45. The van der Waals surface area contributed by atoms with Crippen LogP contribution in [0, 0.1) is 13.0 Å². The van der Waals surface area contributed by atoms with Crippen LogP contribution in [0.25, 0.3) is 5.57 Å². The summed E-state index contributed by atoms with van der Waals surface area (Å²) in [5.74, 6) is 0. The Bertz CT molecular complexity index is 392. The van der Waals surface area contributed by atoms with Crippen molar-refractivity contribution in [3.8, 4) is 0 Å². The monoisotopic (exact) mass is 274 g/mol. The van der Waals surface area contributed by atoms with Gasteiger partial charge < -0.3 is 0 Å². The van der Waals surface area contributed by atoms with E-state index in [1.807, 2.05) is 32.0 Å². The normalized spacial score (nSPS) is 10.4. The predicted molar refractivity (Wildman–Crippen MR) is 58.9 cm³/mol. The Morgan fingerprint density at radius 3 is 2.67 bits per heavy atom. The van der Waals surface area contributed by atoms with E-state index >= 15 is 0 Å². The van der Waals surface area contributed by atoms with Crippen LogP contribution in [-0.4, -0.2) is 6.29 Å². The Morgan fingerprint density at radius 2 is 2.13 bits per heavy atom. The van der Waals surface area contributed by atoms with Gasteiger partial charge in [-0.3, -0.25) is 4.79 Å². The topological polar surface area (TPSA) is 17.1 Å². The van der Waals surface area contributed by atoms with Gasteiger partial charge in [-0.15, -0.1) is 6.07 Å². The molecule has 0 saturated carbocycles. The molecule has 0 aliphatic rings. The summed E-state index contributed by atoms with van der Waals surface area (Å²) in [5.41, 5.74) is 4.12. The first-order chi connectivity index (χ1) is 6.69. The number of aldehydes is 1. The molecule has 0 bridgehead atoms. The molecule has 0 aromatic heterocycles. The smallest absolute Gasteiger partial charge is 0.143 e. The zero-order valence-electron chi connectivity index (χ0n) is 9.08. The van der Waals surface area contributed by atoms with Gasteiger partial charge in [-0.2, -0.15) is 29.8 Å². The minimum Gasteiger partial charge on any atom is -0.299 e. The quantitative estimate of drug-likeness (QED) is 0.470. The number of hydrogen-bond acceptors (Lipinski definition) is 1. The number of allylic oxidation sites excluding steroid dienone is 2. The van der Waals surface area contributed by atoms with Gasteiger partial charge in [0.15, 0.2) is 0 Å². The summed E-state index contributed by atoms with van der Waals surface area (Å²) in [6, 6.07) is 5.98. The number of aryl methyl sites for hydroxylation is 1. The molecule has 0 amide bonds. The summed E-state index contributed by atoms with van der Waals surface area (Å²) in [5, 5.41) is 0. The van der Waals surface area contributed by atoms with E-state index in [9.17, 15) is 4.79 Å². The van der Waals surface area contributed by atoms with Gasteiger partial charge in [-0.1, -0.05) is 24.1 Å². The van der Waals surface area contributed by atoms with Crippen molar-refractivity contribution in [3.63, 3.8) is 0 Å². The van der Waals surface area contributed by atoms with Crippen molar-refractivity contribution in [3.05, 3.63) is 53.6 Å². The fraction of sp³-hybridized carbons (Fsp3) is 0.154. The Kier molecular flexibility index (Phi) is 6.63. The van der Waals surface area contributed by atoms with Crippen LogP contribution in [0.15, 0.2) is 30.9 Å². The molecular weight excluding hydrogens is 261 g/mol. The van der Waals surface area contributed by atoms with Crippen LogP contribution in [0.2, 0.25) is 0 Å². The molecule has 75 valence electrons. The number of hydrogen-bond donors (Lipinski definition) is 0. The van der Waals surface area contributed by atoms with Crippen LogP contribution in [0.3, 0.4) is 0 Å². The zero-order valence-corrected chi connectivity index (χ0v) is 11.9. The maximum absolute atomic E-state index is 10.3. The van der Waals surface area contributed by atoms with E-state index in [0.29, 0.717) is 0 Å². The molecule has 0 fully saturated rings. The molecule has 2 heteroatoms. The molecule has 0 spiro atoms. The second-order valence-corrected chi connectivity index (χ2v) is 3.19. The zero-order chi connectivity index (χ0) is 10.6. The molecular formula is C13H13OY-. The SMILES string of the molecule is C=[C-]c1cc(/C(C)=C/C=O)ccc1C.[Y]. The molecule has 1 nitrogen and oxygen atoms in total. The van der Waals surface area contributed by atoms with Gasteiger partial charge in [0.25, 0.3) is 0 Å². The minimum atomic E-state index is 0. The predicted octanol–water partition coefficient (Wildman–Crippen LogP) is 2.93. The number of carbonyl (C=O) groups is 1. The van der Waals surface area contributed by atoms with Gasteiger partial charge in [-0.25, -0.2) is 0 Å². The standard InChI is InChI=1S/C13H13O.Y/c1-4-12-9-13(6-5-10(12)2)11(3)7-8-14;/h5-9H,1H2,2-3H3;/q-1;/b11-7+;. The molecule has 0 heterocycles. The fourth-order valence-corrected chi connectivity index (χ4v) is 1.26. The van der Waals surface area contributed by atoms with Gasteiger partial charge >= 0.3 is 0 Å². The van der Waals surface area contributed by atoms with Crippen molar-refractivity contribution in [2.24, 2.45) is 0 Å². The molecule has 1 aromatic rings. The molecule has 1 radical (unpaired) electrons. The van der Waals surface area contributed by atoms with Gasteiger partial charge in [0, 0.05) is 32.7 Å². The average Bonchev–Trinajstić information content (AvgIpc) is 2.19. The van der Waals surface area contributed by atoms with Gasteiger partial charge in [0.05, 0.1) is 0 Å². The minimum absolute atomic E-state index is 0. The Hall–Kier alpha value is -0.526. The van der Waals surface area contributed by atoms with E-state index in [2.05, 4.69) is 12.7 Å². The maximum Gasteiger partial charge on any atom is 0.143 e. The van der Waals surface area contributed by atoms with Crippen molar-refractivity contribution in [1.82, 2.24) is 0 Å². The largest absolute Gasteiger partial charge is 0.299 e. The maximum atomic E-state index is 10.3. The molecule has 0 aliphatic carbocycles. The molecule has 0 saturated heterocycles. The summed E-state index contributed by atoms with van der Waals surface area (Å²) >= 11 is 0. The molecule has 0 aliphatic heterocycles. The Morgan fingerprint density at radius 1 is 1.47 bits per heavy atom. The molecule has 0 atom stereocenters. The molecule has 0 N–H and O–H groups in total. The third-order valence-electron chi connectivity index (χ3n) is 2.20. The third kappa shape index (κ3) is 3.85. The second kappa shape index (κ2) is 6.87. The van der Waals surface area contributed by atoms with E-state index in [4.69, 9.17) is 0 Å². The molecule has 0 unspecified atom stereocenters. The first-order valence-corrected chi connectivity index (χ1v) is 4.45. The van der Waals surface area contributed by atoms with E-state index in [1.165, 1.54) is 0 Å². The second-order valence-electron chi connectivity index (χ2n) is 3.19. The van der Waals surface area contributed by atoms with Gasteiger partial charge in [-0.05, 0) is 13.0 Å². The van der Waals surface area contributed by atoms with Crippen molar-refractivity contribution in [1.29, 1.82) is 0 Å². The third-order valence-corrected chi connectivity index (χ3v) is 2.20. The summed E-state index contributed by atoms with van der Waals surface area (Å²) in [6.07, 6.45) is 5.22. The molecule has 1 rings (SSSR count). The van der Waals surface area contributed by atoms with Crippen molar-refractivity contribution in [2.45, 2.75) is 13.8 Å². The van der Waals surface area contributed by atoms with Crippen molar-refractivity contribution in [2.75, 3.05) is 0 Å². The van der Waals surface area contributed by atoms with Crippen LogP contribution in [-0.2, 0) is 37.5 Å². The number of rotatable bonds is 3. The van der Waals surface area contributed by atoms with Gasteiger partial charge in [0.2, 0.25) is 0 Å². The van der Waals surface area contributed by atoms with Crippen LogP contribution in [0.1, 0.15) is 23.6 Å². The van der Waals surface area contributed by atoms with Gasteiger partial charge in [0.1, 0.15) is 6.29 Å². The summed E-state index contributed by atoms with van der Waals surface area (Å²) in [4.78, 5) is 10.3. The number of carbonyl (C=O) groups excluding carboxylic acids is 1. The van der Waals surface area contributed by atoms with E-state index in [-0.39, 0.29) is 32.7 Å². The first kappa shape index (κ1) is 14.5. The van der Waals surface area contributed by atoms with Crippen molar-refractivity contribution < 1.29 is 37.5 Å². The van der Waals surface area contributed by atoms with Crippen LogP contribution >= 0.6 is 0 Å². The summed E-state index contributed by atoms with van der Waals surface area (Å²) in [6.45, 7) is 7.54. The van der Waals surface area contributed by atoms with E-state index in [1.54, 1.807) is 6.08 Å². The van der Waals surface area contributed by atoms with E-state index < -0.39 is 0 Å².